The predicted molar refractivity (Wildman–Crippen MR) is 86.4 cm³/mol. The molecule has 2 aromatic carbocycles. The molecule has 0 bridgehead atoms. The summed E-state index contributed by atoms with van der Waals surface area (Å²) in [6.07, 6.45) is 0. The van der Waals surface area contributed by atoms with Gasteiger partial charge in [-0.05, 0) is 48.9 Å². The summed E-state index contributed by atoms with van der Waals surface area (Å²) in [5, 5.41) is 0. The number of piperazine rings is 1. The molecule has 21 heavy (non-hydrogen) atoms. The largest absolute Gasteiger partial charge is 0.397 e. The average Bonchev–Trinajstić information content (AvgIpc) is 2.48. The first-order chi connectivity index (χ1) is 10.1. The van der Waals surface area contributed by atoms with Gasteiger partial charge in [-0.25, -0.2) is 4.39 Å². The van der Waals surface area contributed by atoms with Crippen LogP contribution in [0.4, 0.5) is 21.5 Å². The molecule has 1 fully saturated rings. The zero-order valence-corrected chi connectivity index (χ0v) is 12.2. The van der Waals surface area contributed by atoms with E-state index in [0.29, 0.717) is 0 Å². The molecule has 110 valence electrons. The minimum atomic E-state index is -0.190. The number of anilines is 3. The number of nitrogen functional groups attached to an aromatic ring is 1. The Balaban J connectivity index is 1.68. The number of halogens is 1. The molecule has 1 aliphatic heterocycles. The van der Waals surface area contributed by atoms with Crippen molar-refractivity contribution in [1.82, 2.24) is 0 Å². The molecule has 3 rings (SSSR count). The van der Waals surface area contributed by atoms with Gasteiger partial charge in [0.05, 0.1) is 11.4 Å². The second-order valence-corrected chi connectivity index (χ2v) is 5.51. The smallest absolute Gasteiger partial charge is 0.123 e. The van der Waals surface area contributed by atoms with Crippen LogP contribution in [0.25, 0.3) is 0 Å². The maximum atomic E-state index is 13.0. The highest BCUT2D eigenvalue weighted by atomic mass is 19.1. The summed E-state index contributed by atoms with van der Waals surface area (Å²) in [6.45, 7) is 5.72. The van der Waals surface area contributed by atoms with Crippen LogP contribution in [0.15, 0.2) is 42.5 Å². The minimum Gasteiger partial charge on any atom is -0.397 e. The fourth-order valence-corrected chi connectivity index (χ4v) is 2.82. The van der Waals surface area contributed by atoms with Crippen LogP contribution < -0.4 is 15.5 Å². The summed E-state index contributed by atoms with van der Waals surface area (Å²) < 4.78 is 13.0. The topological polar surface area (TPSA) is 32.5 Å². The van der Waals surface area contributed by atoms with E-state index in [2.05, 4.69) is 21.9 Å². The molecule has 2 N–H and O–H groups in total. The van der Waals surface area contributed by atoms with Crippen molar-refractivity contribution in [2.75, 3.05) is 41.7 Å². The van der Waals surface area contributed by atoms with Gasteiger partial charge in [-0.2, -0.15) is 0 Å². The molecule has 0 atom stereocenters. The molecule has 1 saturated heterocycles. The van der Waals surface area contributed by atoms with Crippen molar-refractivity contribution in [2.24, 2.45) is 0 Å². The van der Waals surface area contributed by atoms with E-state index in [1.54, 1.807) is 0 Å². The van der Waals surface area contributed by atoms with Crippen molar-refractivity contribution in [3.05, 3.63) is 53.8 Å². The Morgan fingerprint density at radius 3 is 2.14 bits per heavy atom. The number of hydrogen-bond acceptors (Lipinski definition) is 3. The molecule has 0 amide bonds. The lowest BCUT2D eigenvalue weighted by Crippen LogP contribution is -2.46. The highest BCUT2D eigenvalue weighted by molar-refractivity contribution is 5.69. The fourth-order valence-electron chi connectivity index (χ4n) is 2.82. The van der Waals surface area contributed by atoms with E-state index < -0.39 is 0 Å². The van der Waals surface area contributed by atoms with Gasteiger partial charge in [0.2, 0.25) is 0 Å². The van der Waals surface area contributed by atoms with Gasteiger partial charge in [-0.3, -0.25) is 0 Å². The fraction of sp³-hybridized carbons (Fsp3) is 0.294. The Morgan fingerprint density at radius 2 is 1.52 bits per heavy atom. The number of benzene rings is 2. The van der Waals surface area contributed by atoms with Crippen molar-refractivity contribution in [3.8, 4) is 0 Å². The van der Waals surface area contributed by atoms with Crippen molar-refractivity contribution in [3.63, 3.8) is 0 Å². The summed E-state index contributed by atoms with van der Waals surface area (Å²) in [5.74, 6) is -0.190. The molecule has 0 spiro atoms. The monoisotopic (exact) mass is 285 g/mol. The Hall–Kier alpha value is -2.23. The Kier molecular flexibility index (Phi) is 3.69. The van der Waals surface area contributed by atoms with Crippen LogP contribution in [0, 0.1) is 12.7 Å². The van der Waals surface area contributed by atoms with Crippen molar-refractivity contribution in [1.29, 1.82) is 0 Å². The van der Waals surface area contributed by atoms with E-state index in [0.717, 1.165) is 43.2 Å². The Bertz CT molecular complexity index is 616. The SMILES string of the molecule is Cc1ccc(N2CCN(c3ccc(F)cc3)CC2)c(N)c1. The molecular formula is C17H20FN3. The van der Waals surface area contributed by atoms with E-state index >= 15 is 0 Å². The molecule has 4 heteroatoms. The molecule has 0 aromatic heterocycles. The van der Waals surface area contributed by atoms with Gasteiger partial charge >= 0.3 is 0 Å². The second-order valence-electron chi connectivity index (χ2n) is 5.51. The zero-order valence-electron chi connectivity index (χ0n) is 12.2. The first kappa shape index (κ1) is 13.7. The number of nitrogens with zero attached hydrogens (tertiary/aromatic N) is 2. The Morgan fingerprint density at radius 1 is 0.905 bits per heavy atom. The maximum absolute atomic E-state index is 13.0. The number of hydrogen-bond donors (Lipinski definition) is 1. The van der Waals surface area contributed by atoms with Crippen molar-refractivity contribution in [2.45, 2.75) is 6.92 Å². The number of nitrogens with two attached hydrogens (primary N) is 1. The van der Waals surface area contributed by atoms with Crippen LogP contribution in [0.5, 0.6) is 0 Å². The average molecular weight is 285 g/mol. The molecule has 0 saturated carbocycles. The summed E-state index contributed by atoms with van der Waals surface area (Å²) in [6, 6.07) is 12.9. The van der Waals surface area contributed by atoms with Crippen LogP contribution in [0.1, 0.15) is 5.56 Å². The summed E-state index contributed by atoms with van der Waals surface area (Å²) in [5.41, 5.74) is 10.3. The third-order valence-electron chi connectivity index (χ3n) is 4.00. The van der Waals surface area contributed by atoms with Crippen LogP contribution in [0.3, 0.4) is 0 Å². The molecule has 1 heterocycles. The lowest BCUT2D eigenvalue weighted by atomic mass is 10.1. The lowest BCUT2D eigenvalue weighted by Gasteiger charge is -2.37. The van der Waals surface area contributed by atoms with E-state index in [4.69, 9.17) is 5.73 Å². The van der Waals surface area contributed by atoms with Gasteiger partial charge in [0.15, 0.2) is 0 Å². The van der Waals surface area contributed by atoms with E-state index in [1.165, 1.54) is 17.7 Å². The third kappa shape index (κ3) is 2.94. The van der Waals surface area contributed by atoms with E-state index in [9.17, 15) is 4.39 Å². The van der Waals surface area contributed by atoms with Gasteiger partial charge in [-0.15, -0.1) is 0 Å². The number of rotatable bonds is 2. The van der Waals surface area contributed by atoms with Gasteiger partial charge in [0.1, 0.15) is 5.82 Å². The van der Waals surface area contributed by atoms with Crippen LogP contribution >= 0.6 is 0 Å². The van der Waals surface area contributed by atoms with Gasteiger partial charge < -0.3 is 15.5 Å². The summed E-state index contributed by atoms with van der Waals surface area (Å²) >= 11 is 0. The molecule has 1 aliphatic rings. The minimum absolute atomic E-state index is 0.190. The third-order valence-corrected chi connectivity index (χ3v) is 4.00. The lowest BCUT2D eigenvalue weighted by molar-refractivity contribution is 0.625. The second kappa shape index (κ2) is 5.64. The first-order valence-corrected chi connectivity index (χ1v) is 7.25. The first-order valence-electron chi connectivity index (χ1n) is 7.25. The van der Waals surface area contributed by atoms with Crippen LogP contribution in [-0.2, 0) is 0 Å². The summed E-state index contributed by atoms with van der Waals surface area (Å²) in [7, 11) is 0. The molecule has 0 aliphatic carbocycles. The van der Waals surface area contributed by atoms with Crippen LogP contribution in [0.2, 0.25) is 0 Å². The van der Waals surface area contributed by atoms with Gasteiger partial charge in [-0.1, -0.05) is 6.07 Å². The van der Waals surface area contributed by atoms with Crippen molar-refractivity contribution < 1.29 is 4.39 Å². The zero-order chi connectivity index (χ0) is 14.8. The quantitative estimate of drug-likeness (QED) is 0.861. The normalized spacial score (nSPS) is 15.3. The van der Waals surface area contributed by atoms with E-state index in [-0.39, 0.29) is 5.82 Å². The maximum Gasteiger partial charge on any atom is 0.123 e. The van der Waals surface area contributed by atoms with Crippen LogP contribution in [-0.4, -0.2) is 26.2 Å². The highest BCUT2D eigenvalue weighted by Gasteiger charge is 2.18. The van der Waals surface area contributed by atoms with Gasteiger partial charge in [0, 0.05) is 31.9 Å². The molecule has 0 unspecified atom stereocenters. The van der Waals surface area contributed by atoms with Crippen molar-refractivity contribution >= 4 is 17.1 Å². The highest BCUT2D eigenvalue weighted by Crippen LogP contribution is 2.26. The van der Waals surface area contributed by atoms with E-state index in [1.807, 2.05) is 25.1 Å². The van der Waals surface area contributed by atoms with Gasteiger partial charge in [0.25, 0.3) is 0 Å². The Labute approximate surface area is 124 Å². The molecule has 2 aromatic rings. The standard InChI is InChI=1S/C17H20FN3/c1-13-2-7-17(16(19)12-13)21-10-8-20(9-11-21)15-5-3-14(18)4-6-15/h2-7,12H,8-11,19H2,1H3. The number of aryl methyl sites for hydroxylation is 1. The molecular weight excluding hydrogens is 265 g/mol. The molecule has 0 radical (unpaired) electrons. The predicted octanol–water partition coefficient (Wildman–Crippen LogP) is 3.04. The summed E-state index contributed by atoms with van der Waals surface area (Å²) in [4.78, 5) is 4.59. The molecule has 3 nitrogen and oxygen atoms in total.